The number of Topliss-reactive ketones (excluding diaryl/α,β-unsaturated/α-hetero) is 1. The van der Waals surface area contributed by atoms with E-state index in [4.69, 9.17) is 0 Å². The molecule has 5 heteroatoms. The predicted octanol–water partition coefficient (Wildman–Crippen LogP) is 1.61. The third-order valence-electron chi connectivity index (χ3n) is 1.29. The van der Waals surface area contributed by atoms with E-state index in [1.807, 2.05) is 0 Å². The largest absolute Gasteiger partial charge is 0.454 e. The summed E-state index contributed by atoms with van der Waals surface area (Å²) in [6.07, 6.45) is -4.78. The Kier molecular flexibility index (Phi) is 3.62. The first-order valence-electron chi connectivity index (χ1n) is 3.18. The zero-order valence-corrected chi connectivity index (χ0v) is 6.43. The summed E-state index contributed by atoms with van der Waals surface area (Å²) >= 11 is 0. The maximum Gasteiger partial charge on any atom is 0.454 e. The first-order valence-corrected chi connectivity index (χ1v) is 3.18. The van der Waals surface area contributed by atoms with Gasteiger partial charge in [-0.1, -0.05) is 30.3 Å². The van der Waals surface area contributed by atoms with Crippen molar-refractivity contribution >= 4 is 5.78 Å². The van der Waals surface area contributed by atoms with Crippen LogP contribution in [0.4, 0.5) is 13.2 Å². The minimum Gasteiger partial charge on any atom is -0.412 e. The summed E-state index contributed by atoms with van der Waals surface area (Å²) in [6, 6.07) is 6.59. The molecule has 1 rings (SSSR count). The highest BCUT2D eigenvalue weighted by molar-refractivity contribution is 6.00. The lowest BCUT2D eigenvalue weighted by atomic mass is 10.1. The molecular weight excluding hydrogens is 185 g/mol. The van der Waals surface area contributed by atoms with Gasteiger partial charge in [-0.15, -0.1) is 0 Å². The fourth-order valence-electron chi connectivity index (χ4n) is 0.753. The number of rotatable bonds is 1. The van der Waals surface area contributed by atoms with Crippen molar-refractivity contribution in [2.24, 2.45) is 0 Å². The summed E-state index contributed by atoms with van der Waals surface area (Å²) in [5.74, 6) is -1.80. The molecule has 0 aromatic heterocycles. The second kappa shape index (κ2) is 4.04. The summed E-state index contributed by atoms with van der Waals surface area (Å²) in [4.78, 5) is 10.5. The predicted molar refractivity (Wildman–Crippen MR) is 40.4 cm³/mol. The van der Waals surface area contributed by atoms with Crippen LogP contribution < -0.4 is 0 Å². The Morgan fingerprint density at radius 1 is 1.08 bits per heavy atom. The standard InChI is InChI=1S/C8H5F3O.H2O/c9-8(10,11)7(12)6-4-2-1-3-5-6;/h1-5H;1H2. The Balaban J connectivity index is 0.00000144. The van der Waals surface area contributed by atoms with E-state index in [-0.39, 0.29) is 11.0 Å². The van der Waals surface area contributed by atoms with Crippen LogP contribution in [0.5, 0.6) is 0 Å². The van der Waals surface area contributed by atoms with Crippen LogP contribution in [0, 0.1) is 0 Å². The van der Waals surface area contributed by atoms with Crippen LogP contribution in [-0.4, -0.2) is 17.4 Å². The van der Waals surface area contributed by atoms with Crippen LogP contribution in [0.25, 0.3) is 0 Å². The first kappa shape index (κ1) is 11.6. The maximum absolute atomic E-state index is 11.8. The van der Waals surface area contributed by atoms with Crippen molar-refractivity contribution < 1.29 is 23.4 Å². The number of hydrogen-bond acceptors (Lipinski definition) is 1. The van der Waals surface area contributed by atoms with E-state index in [9.17, 15) is 18.0 Å². The smallest absolute Gasteiger partial charge is 0.412 e. The van der Waals surface area contributed by atoms with E-state index in [1.165, 1.54) is 12.1 Å². The minimum absolute atomic E-state index is 0. The first-order chi connectivity index (χ1) is 5.52. The molecule has 0 aliphatic heterocycles. The molecule has 0 saturated heterocycles. The van der Waals surface area contributed by atoms with Crippen molar-refractivity contribution in [2.45, 2.75) is 6.18 Å². The molecule has 0 amide bonds. The van der Waals surface area contributed by atoms with E-state index < -0.39 is 12.0 Å². The van der Waals surface area contributed by atoms with Gasteiger partial charge in [0.25, 0.3) is 5.78 Å². The number of hydrogen-bond donors (Lipinski definition) is 0. The summed E-state index contributed by atoms with van der Waals surface area (Å²) < 4.78 is 35.4. The third kappa shape index (κ3) is 2.87. The Bertz CT molecular complexity index is 279. The molecule has 0 aliphatic carbocycles. The van der Waals surface area contributed by atoms with Crippen LogP contribution in [0.1, 0.15) is 10.4 Å². The molecule has 0 atom stereocenters. The molecule has 72 valence electrons. The van der Waals surface area contributed by atoms with Crippen molar-refractivity contribution in [3.05, 3.63) is 35.9 Å². The molecule has 0 unspecified atom stereocenters. The lowest BCUT2D eigenvalue weighted by Gasteiger charge is -2.03. The molecule has 2 nitrogen and oxygen atoms in total. The lowest BCUT2D eigenvalue weighted by Crippen LogP contribution is -2.22. The summed E-state index contributed by atoms with van der Waals surface area (Å²) in [5.41, 5.74) is -0.329. The molecule has 1 aromatic rings. The van der Waals surface area contributed by atoms with E-state index in [0.717, 1.165) is 12.1 Å². The van der Waals surface area contributed by atoms with Gasteiger partial charge in [-0.2, -0.15) is 13.2 Å². The zero-order valence-electron chi connectivity index (χ0n) is 6.43. The van der Waals surface area contributed by atoms with Gasteiger partial charge in [-0.05, 0) is 0 Å². The molecule has 0 fully saturated rings. The second-order valence-electron chi connectivity index (χ2n) is 2.19. The highest BCUT2D eigenvalue weighted by Crippen LogP contribution is 2.20. The van der Waals surface area contributed by atoms with E-state index in [2.05, 4.69) is 0 Å². The van der Waals surface area contributed by atoms with Gasteiger partial charge in [0.15, 0.2) is 0 Å². The Hall–Kier alpha value is -1.36. The lowest BCUT2D eigenvalue weighted by molar-refractivity contribution is -0.0885. The molecule has 1 aromatic carbocycles. The van der Waals surface area contributed by atoms with Gasteiger partial charge in [-0.3, -0.25) is 4.79 Å². The molecular formula is C8H7F3O2. The van der Waals surface area contributed by atoms with Crippen LogP contribution in [-0.2, 0) is 0 Å². The molecule has 0 radical (unpaired) electrons. The number of benzene rings is 1. The van der Waals surface area contributed by atoms with E-state index in [1.54, 1.807) is 6.07 Å². The number of alkyl halides is 3. The molecule has 0 spiro atoms. The average Bonchev–Trinajstić information content (AvgIpc) is 2.03. The number of halogens is 3. The molecule has 13 heavy (non-hydrogen) atoms. The highest BCUT2D eigenvalue weighted by Gasteiger charge is 2.38. The van der Waals surface area contributed by atoms with Crippen molar-refractivity contribution in [1.82, 2.24) is 0 Å². The number of carbonyl (C=O) groups excluding carboxylic acids is 1. The molecule has 0 bridgehead atoms. The zero-order chi connectivity index (χ0) is 9.19. The van der Waals surface area contributed by atoms with Crippen LogP contribution in [0.2, 0.25) is 0 Å². The summed E-state index contributed by atoms with van der Waals surface area (Å²) in [7, 11) is 0. The summed E-state index contributed by atoms with van der Waals surface area (Å²) in [5, 5.41) is 0. The Morgan fingerprint density at radius 2 is 1.54 bits per heavy atom. The molecule has 2 N–H and O–H groups in total. The third-order valence-corrected chi connectivity index (χ3v) is 1.29. The molecule has 0 saturated carbocycles. The quantitative estimate of drug-likeness (QED) is 0.623. The summed E-state index contributed by atoms with van der Waals surface area (Å²) in [6.45, 7) is 0. The van der Waals surface area contributed by atoms with Gasteiger partial charge in [0.1, 0.15) is 0 Å². The fraction of sp³-hybridized carbons (Fsp3) is 0.125. The Morgan fingerprint density at radius 3 is 1.92 bits per heavy atom. The number of ketones is 1. The van der Waals surface area contributed by atoms with Crippen molar-refractivity contribution in [2.75, 3.05) is 0 Å². The van der Waals surface area contributed by atoms with Gasteiger partial charge in [0.05, 0.1) is 0 Å². The van der Waals surface area contributed by atoms with Gasteiger partial charge in [0.2, 0.25) is 0 Å². The normalized spacial score (nSPS) is 10.4. The number of carbonyl (C=O) groups is 1. The van der Waals surface area contributed by atoms with Crippen LogP contribution in [0.3, 0.4) is 0 Å². The van der Waals surface area contributed by atoms with Crippen LogP contribution in [0.15, 0.2) is 30.3 Å². The molecule has 0 aliphatic rings. The highest BCUT2D eigenvalue weighted by atomic mass is 19.4. The maximum atomic E-state index is 11.8. The fourth-order valence-corrected chi connectivity index (χ4v) is 0.753. The van der Waals surface area contributed by atoms with Crippen LogP contribution >= 0.6 is 0 Å². The van der Waals surface area contributed by atoms with Gasteiger partial charge in [-0.25, -0.2) is 0 Å². The molecule has 0 heterocycles. The van der Waals surface area contributed by atoms with Crippen molar-refractivity contribution in [1.29, 1.82) is 0 Å². The average molecular weight is 192 g/mol. The van der Waals surface area contributed by atoms with Gasteiger partial charge < -0.3 is 5.48 Å². The topological polar surface area (TPSA) is 48.6 Å². The minimum atomic E-state index is -4.78. The second-order valence-corrected chi connectivity index (χ2v) is 2.19. The van der Waals surface area contributed by atoms with E-state index >= 15 is 0 Å². The van der Waals surface area contributed by atoms with Crippen molar-refractivity contribution in [3.8, 4) is 0 Å². The monoisotopic (exact) mass is 192 g/mol. The SMILES string of the molecule is O.O=C(c1ccccc1)C(F)(F)F. The van der Waals surface area contributed by atoms with Crippen molar-refractivity contribution in [3.63, 3.8) is 0 Å². The van der Waals surface area contributed by atoms with Gasteiger partial charge >= 0.3 is 6.18 Å². The van der Waals surface area contributed by atoms with E-state index in [0.29, 0.717) is 0 Å². The van der Waals surface area contributed by atoms with Gasteiger partial charge in [0, 0.05) is 5.56 Å². The Labute approximate surface area is 72.3 Å².